The zero-order valence-electron chi connectivity index (χ0n) is 18.7. The topological polar surface area (TPSA) is 58.6 Å². The van der Waals surface area contributed by atoms with Gasteiger partial charge in [-0.05, 0) is 72.5 Å². The number of carbonyl (C=O) groups is 2. The lowest BCUT2D eigenvalue weighted by Crippen LogP contribution is -2.33. The molecule has 1 N–H and O–H groups in total. The van der Waals surface area contributed by atoms with E-state index in [1.165, 1.54) is 12.1 Å². The first-order chi connectivity index (χ1) is 16.5. The maximum atomic E-state index is 13.4. The Bertz CT molecular complexity index is 1130. The Hall–Kier alpha value is -3.22. The summed E-state index contributed by atoms with van der Waals surface area (Å²) in [5, 5.41) is 3.47. The van der Waals surface area contributed by atoms with Crippen molar-refractivity contribution < 1.29 is 18.7 Å². The molecular weight excluding hydrogens is 455 g/mol. The molecule has 1 atom stereocenters. The highest BCUT2D eigenvalue weighted by Crippen LogP contribution is 2.23. The Labute approximate surface area is 203 Å². The molecule has 34 heavy (non-hydrogen) atoms. The molecule has 1 aliphatic rings. The van der Waals surface area contributed by atoms with Crippen LogP contribution in [0.1, 0.15) is 34.3 Å². The summed E-state index contributed by atoms with van der Waals surface area (Å²) in [6, 6.07) is 20.1. The minimum Gasteiger partial charge on any atom is -0.376 e. The Balaban J connectivity index is 1.53. The fourth-order valence-corrected chi connectivity index (χ4v) is 4.04. The van der Waals surface area contributed by atoms with E-state index in [0.717, 1.165) is 30.6 Å². The third-order valence-electron chi connectivity index (χ3n) is 5.73. The second kappa shape index (κ2) is 11.3. The SMILES string of the molecule is O=C(Cc1cccc(N(Cc2ccc(F)cc2)C(=O)c2ccc(Cl)cc2)c1)NCC1CCCO1. The van der Waals surface area contributed by atoms with Crippen molar-refractivity contribution >= 4 is 29.1 Å². The number of hydrogen-bond donors (Lipinski definition) is 1. The van der Waals surface area contributed by atoms with Crippen LogP contribution in [0.4, 0.5) is 10.1 Å². The summed E-state index contributed by atoms with van der Waals surface area (Å²) in [6.07, 6.45) is 2.26. The lowest BCUT2D eigenvalue weighted by molar-refractivity contribution is -0.120. The van der Waals surface area contributed by atoms with E-state index in [-0.39, 0.29) is 36.7 Å². The first-order valence-electron chi connectivity index (χ1n) is 11.3. The van der Waals surface area contributed by atoms with E-state index >= 15 is 0 Å². The Kier molecular flexibility index (Phi) is 7.93. The zero-order valence-corrected chi connectivity index (χ0v) is 19.4. The summed E-state index contributed by atoms with van der Waals surface area (Å²) in [7, 11) is 0. The predicted octanol–water partition coefficient (Wildman–Crippen LogP) is 5.16. The summed E-state index contributed by atoms with van der Waals surface area (Å²) < 4.78 is 19.0. The number of halogens is 2. The second-order valence-corrected chi connectivity index (χ2v) is 8.75. The van der Waals surface area contributed by atoms with Gasteiger partial charge >= 0.3 is 0 Å². The van der Waals surface area contributed by atoms with E-state index in [2.05, 4.69) is 5.32 Å². The predicted molar refractivity (Wildman–Crippen MR) is 130 cm³/mol. The van der Waals surface area contributed by atoms with Crippen LogP contribution in [0.2, 0.25) is 5.02 Å². The van der Waals surface area contributed by atoms with E-state index in [1.54, 1.807) is 41.3 Å². The lowest BCUT2D eigenvalue weighted by Gasteiger charge is -2.24. The molecule has 176 valence electrons. The fraction of sp³-hybridized carbons (Fsp3) is 0.259. The van der Waals surface area contributed by atoms with Crippen molar-refractivity contribution in [3.8, 4) is 0 Å². The monoisotopic (exact) mass is 480 g/mol. The molecule has 1 saturated heterocycles. The van der Waals surface area contributed by atoms with Crippen molar-refractivity contribution in [2.45, 2.75) is 31.9 Å². The van der Waals surface area contributed by atoms with Crippen molar-refractivity contribution in [1.82, 2.24) is 5.32 Å². The fourth-order valence-electron chi connectivity index (χ4n) is 3.92. The van der Waals surface area contributed by atoms with Gasteiger partial charge in [0.1, 0.15) is 5.82 Å². The van der Waals surface area contributed by atoms with Crippen LogP contribution in [0.15, 0.2) is 72.8 Å². The molecule has 1 fully saturated rings. The summed E-state index contributed by atoms with van der Waals surface area (Å²) in [6.45, 7) is 1.49. The largest absolute Gasteiger partial charge is 0.376 e. The van der Waals surface area contributed by atoms with Crippen LogP contribution in [0.3, 0.4) is 0 Å². The van der Waals surface area contributed by atoms with E-state index in [0.29, 0.717) is 22.8 Å². The molecule has 0 aromatic heterocycles. The lowest BCUT2D eigenvalue weighted by atomic mass is 10.1. The third kappa shape index (κ3) is 6.43. The molecule has 5 nitrogen and oxygen atoms in total. The number of anilines is 1. The summed E-state index contributed by atoms with van der Waals surface area (Å²) in [4.78, 5) is 27.5. The number of amides is 2. The van der Waals surface area contributed by atoms with Crippen LogP contribution in [-0.2, 0) is 22.5 Å². The van der Waals surface area contributed by atoms with Gasteiger partial charge in [-0.1, -0.05) is 35.9 Å². The van der Waals surface area contributed by atoms with Gasteiger partial charge in [0.15, 0.2) is 0 Å². The summed E-state index contributed by atoms with van der Waals surface area (Å²) >= 11 is 5.99. The van der Waals surface area contributed by atoms with Gasteiger partial charge in [-0.15, -0.1) is 0 Å². The number of ether oxygens (including phenoxy) is 1. The molecule has 3 aromatic carbocycles. The molecule has 1 heterocycles. The van der Waals surface area contributed by atoms with Crippen LogP contribution in [0.5, 0.6) is 0 Å². The van der Waals surface area contributed by atoms with Crippen LogP contribution in [0, 0.1) is 5.82 Å². The Morgan fingerprint density at radius 3 is 2.50 bits per heavy atom. The van der Waals surface area contributed by atoms with Gasteiger partial charge in [0.05, 0.1) is 19.1 Å². The molecule has 1 unspecified atom stereocenters. The minimum absolute atomic E-state index is 0.0819. The number of benzene rings is 3. The number of carbonyl (C=O) groups excluding carboxylic acids is 2. The van der Waals surface area contributed by atoms with E-state index in [4.69, 9.17) is 16.3 Å². The maximum absolute atomic E-state index is 13.4. The molecule has 2 amide bonds. The highest BCUT2D eigenvalue weighted by molar-refractivity contribution is 6.30. The molecule has 0 spiro atoms. The quantitative estimate of drug-likeness (QED) is 0.484. The van der Waals surface area contributed by atoms with Crippen molar-refractivity contribution in [3.05, 3.63) is 100 Å². The van der Waals surface area contributed by atoms with Gasteiger partial charge in [0, 0.05) is 29.4 Å². The van der Waals surface area contributed by atoms with Crippen molar-refractivity contribution in [2.24, 2.45) is 0 Å². The molecule has 3 aromatic rings. The van der Waals surface area contributed by atoms with Crippen molar-refractivity contribution in [2.75, 3.05) is 18.1 Å². The molecule has 0 aliphatic carbocycles. The highest BCUT2D eigenvalue weighted by Gasteiger charge is 2.20. The average Bonchev–Trinajstić information content (AvgIpc) is 3.36. The van der Waals surface area contributed by atoms with Gasteiger partial charge in [0.25, 0.3) is 5.91 Å². The van der Waals surface area contributed by atoms with Gasteiger partial charge in [-0.25, -0.2) is 4.39 Å². The molecule has 0 radical (unpaired) electrons. The van der Waals surface area contributed by atoms with Crippen LogP contribution in [0.25, 0.3) is 0 Å². The molecule has 0 saturated carbocycles. The first kappa shape index (κ1) is 23.9. The van der Waals surface area contributed by atoms with Crippen molar-refractivity contribution in [1.29, 1.82) is 0 Å². The van der Waals surface area contributed by atoms with Gasteiger partial charge in [-0.3, -0.25) is 9.59 Å². The normalized spacial score (nSPS) is 15.2. The van der Waals surface area contributed by atoms with E-state index < -0.39 is 0 Å². The average molecular weight is 481 g/mol. The van der Waals surface area contributed by atoms with Crippen molar-refractivity contribution in [3.63, 3.8) is 0 Å². The zero-order chi connectivity index (χ0) is 23.9. The van der Waals surface area contributed by atoms with Gasteiger partial charge in [-0.2, -0.15) is 0 Å². The molecule has 7 heteroatoms. The Morgan fingerprint density at radius 1 is 1.03 bits per heavy atom. The van der Waals surface area contributed by atoms with Gasteiger partial charge in [0.2, 0.25) is 5.91 Å². The first-order valence-corrected chi connectivity index (χ1v) is 11.6. The molecule has 4 rings (SSSR count). The van der Waals surface area contributed by atoms with Crippen LogP contribution in [-0.4, -0.2) is 31.1 Å². The smallest absolute Gasteiger partial charge is 0.258 e. The third-order valence-corrected chi connectivity index (χ3v) is 5.98. The van der Waals surface area contributed by atoms with Crippen LogP contribution >= 0.6 is 11.6 Å². The highest BCUT2D eigenvalue weighted by atomic mass is 35.5. The van der Waals surface area contributed by atoms with E-state index in [1.807, 2.05) is 24.3 Å². The summed E-state index contributed by atoms with van der Waals surface area (Å²) in [5.41, 5.74) is 2.69. The Morgan fingerprint density at radius 2 is 1.79 bits per heavy atom. The molecular formula is C27H26ClFN2O3. The van der Waals surface area contributed by atoms with Crippen LogP contribution < -0.4 is 10.2 Å². The number of rotatable bonds is 8. The second-order valence-electron chi connectivity index (χ2n) is 8.31. The maximum Gasteiger partial charge on any atom is 0.258 e. The van der Waals surface area contributed by atoms with Gasteiger partial charge < -0.3 is 15.0 Å². The summed E-state index contributed by atoms with van der Waals surface area (Å²) in [5.74, 6) is -0.655. The molecule has 0 bridgehead atoms. The van der Waals surface area contributed by atoms with E-state index in [9.17, 15) is 14.0 Å². The molecule has 1 aliphatic heterocycles. The number of nitrogens with one attached hydrogen (secondary N) is 1. The number of nitrogens with zero attached hydrogens (tertiary/aromatic N) is 1. The minimum atomic E-state index is -0.338. The standard InChI is InChI=1S/C27H26ClFN2O3/c28-22-10-8-21(9-11-22)27(33)31(18-19-6-12-23(29)13-7-19)24-4-1-3-20(15-24)16-26(32)30-17-25-5-2-14-34-25/h1,3-4,6-13,15,25H,2,5,14,16-18H2,(H,30,32). The number of hydrogen-bond acceptors (Lipinski definition) is 3.